The molecular weight excluding hydrogens is 202 g/mol. The van der Waals surface area contributed by atoms with Crippen molar-refractivity contribution in [3.63, 3.8) is 0 Å². The molecule has 0 aromatic carbocycles. The van der Waals surface area contributed by atoms with Crippen LogP contribution in [0.1, 0.15) is 26.0 Å². The van der Waals surface area contributed by atoms with Gasteiger partial charge in [-0.2, -0.15) is 0 Å². The van der Waals surface area contributed by atoms with Gasteiger partial charge in [-0.25, -0.2) is 4.98 Å². The van der Waals surface area contributed by atoms with Crippen LogP contribution >= 0.6 is 11.3 Å². The molecule has 76 valence electrons. The Bertz CT molecular complexity index is 359. The highest BCUT2D eigenvalue weighted by atomic mass is 32.1. The monoisotopic (exact) mass is 213 g/mol. The molecule has 1 aromatic rings. The molecule has 6 heteroatoms. The number of aromatic nitrogens is 1. The standard InChI is InChI=1S/C8H11N3O2S/c1-3-7(12)10-8-9-6(4-14-8)5(2)11-13/h4,13H,3H2,1-2H3,(H,9,10,12). The van der Waals surface area contributed by atoms with E-state index in [0.29, 0.717) is 23.0 Å². The van der Waals surface area contributed by atoms with Gasteiger partial charge in [0, 0.05) is 11.8 Å². The number of nitrogens with one attached hydrogen (secondary N) is 1. The van der Waals surface area contributed by atoms with Gasteiger partial charge in [-0.15, -0.1) is 11.3 Å². The third-order valence-corrected chi connectivity index (χ3v) is 2.35. The quantitative estimate of drug-likeness (QED) is 0.456. The Morgan fingerprint density at radius 1 is 1.79 bits per heavy atom. The number of rotatable bonds is 3. The van der Waals surface area contributed by atoms with Gasteiger partial charge in [-0.1, -0.05) is 12.1 Å². The van der Waals surface area contributed by atoms with Crippen LogP contribution in [0.4, 0.5) is 5.13 Å². The van der Waals surface area contributed by atoms with Crippen molar-refractivity contribution in [1.82, 2.24) is 4.98 Å². The van der Waals surface area contributed by atoms with Gasteiger partial charge in [0.2, 0.25) is 5.91 Å². The molecule has 2 N–H and O–H groups in total. The summed E-state index contributed by atoms with van der Waals surface area (Å²) in [7, 11) is 0. The van der Waals surface area contributed by atoms with Crippen LogP contribution in [0.2, 0.25) is 0 Å². The molecule has 5 nitrogen and oxygen atoms in total. The van der Waals surface area contributed by atoms with E-state index in [4.69, 9.17) is 5.21 Å². The van der Waals surface area contributed by atoms with Crippen LogP contribution in [0.15, 0.2) is 10.5 Å². The number of carbonyl (C=O) groups excluding carboxylic acids is 1. The molecule has 0 saturated carbocycles. The van der Waals surface area contributed by atoms with Crippen molar-refractivity contribution >= 4 is 28.1 Å². The Hall–Kier alpha value is -1.43. The fraction of sp³-hybridized carbons (Fsp3) is 0.375. The first-order chi connectivity index (χ1) is 6.67. The molecular formula is C8H11N3O2S. The van der Waals surface area contributed by atoms with Crippen molar-refractivity contribution in [3.8, 4) is 0 Å². The second kappa shape index (κ2) is 4.71. The van der Waals surface area contributed by atoms with Crippen molar-refractivity contribution in [2.24, 2.45) is 5.16 Å². The third kappa shape index (κ3) is 2.53. The lowest BCUT2D eigenvalue weighted by atomic mass is 10.3. The third-order valence-electron chi connectivity index (χ3n) is 1.59. The minimum atomic E-state index is -0.0792. The summed E-state index contributed by atoms with van der Waals surface area (Å²) in [6.07, 6.45) is 0.419. The summed E-state index contributed by atoms with van der Waals surface area (Å²) in [6.45, 7) is 3.41. The Morgan fingerprint density at radius 3 is 3.07 bits per heavy atom. The predicted octanol–water partition coefficient (Wildman–Crippen LogP) is 1.69. The van der Waals surface area contributed by atoms with Gasteiger partial charge in [-0.05, 0) is 6.92 Å². The number of amides is 1. The van der Waals surface area contributed by atoms with E-state index >= 15 is 0 Å². The maximum absolute atomic E-state index is 11.0. The van der Waals surface area contributed by atoms with E-state index < -0.39 is 0 Å². The topological polar surface area (TPSA) is 74.6 Å². The molecule has 0 spiro atoms. The first-order valence-corrected chi connectivity index (χ1v) is 4.99. The van der Waals surface area contributed by atoms with Gasteiger partial charge >= 0.3 is 0 Å². The molecule has 1 aromatic heterocycles. The van der Waals surface area contributed by atoms with Crippen LogP contribution in [-0.2, 0) is 4.79 Å². The van der Waals surface area contributed by atoms with Crippen molar-refractivity contribution in [1.29, 1.82) is 0 Å². The number of carbonyl (C=O) groups is 1. The van der Waals surface area contributed by atoms with E-state index in [1.165, 1.54) is 11.3 Å². The molecule has 1 amide bonds. The molecule has 0 aliphatic rings. The molecule has 0 saturated heterocycles. The van der Waals surface area contributed by atoms with Gasteiger partial charge in [0.25, 0.3) is 0 Å². The lowest BCUT2D eigenvalue weighted by Crippen LogP contribution is -2.09. The largest absolute Gasteiger partial charge is 0.411 e. The van der Waals surface area contributed by atoms with Crippen LogP contribution in [-0.4, -0.2) is 21.8 Å². The minimum absolute atomic E-state index is 0.0792. The van der Waals surface area contributed by atoms with Crippen LogP contribution in [0.5, 0.6) is 0 Å². The van der Waals surface area contributed by atoms with Crippen molar-refractivity contribution in [2.75, 3.05) is 5.32 Å². The molecule has 0 aliphatic heterocycles. The average Bonchev–Trinajstić information content (AvgIpc) is 2.65. The van der Waals surface area contributed by atoms with E-state index in [2.05, 4.69) is 15.5 Å². The molecule has 0 bridgehead atoms. The Balaban J connectivity index is 2.73. The molecule has 0 radical (unpaired) electrons. The van der Waals surface area contributed by atoms with E-state index in [1.807, 2.05) is 0 Å². The van der Waals surface area contributed by atoms with Gasteiger partial charge in [0.1, 0.15) is 11.4 Å². The summed E-state index contributed by atoms with van der Waals surface area (Å²) in [6, 6.07) is 0. The van der Waals surface area contributed by atoms with Crippen LogP contribution in [0.25, 0.3) is 0 Å². The van der Waals surface area contributed by atoms with Crippen molar-refractivity contribution in [3.05, 3.63) is 11.1 Å². The maximum atomic E-state index is 11.0. The summed E-state index contributed by atoms with van der Waals surface area (Å²) in [4.78, 5) is 15.1. The summed E-state index contributed by atoms with van der Waals surface area (Å²) >= 11 is 1.30. The SMILES string of the molecule is CCC(=O)Nc1nc(C(C)=NO)cs1. The van der Waals surface area contributed by atoms with Crippen LogP contribution < -0.4 is 5.32 Å². The maximum Gasteiger partial charge on any atom is 0.225 e. The van der Waals surface area contributed by atoms with E-state index in [1.54, 1.807) is 19.2 Å². The van der Waals surface area contributed by atoms with Crippen LogP contribution in [0, 0.1) is 0 Å². The van der Waals surface area contributed by atoms with E-state index in [9.17, 15) is 4.79 Å². The molecule has 1 heterocycles. The van der Waals surface area contributed by atoms with Gasteiger partial charge in [-0.3, -0.25) is 4.79 Å². The van der Waals surface area contributed by atoms with Gasteiger partial charge in [0.15, 0.2) is 5.13 Å². The molecule has 0 fully saturated rings. The number of nitrogens with zero attached hydrogens (tertiary/aromatic N) is 2. The second-order valence-corrected chi connectivity index (χ2v) is 3.48. The Kier molecular flexibility index (Phi) is 3.58. The van der Waals surface area contributed by atoms with Gasteiger partial charge in [0.05, 0.1) is 0 Å². The number of thiazole rings is 1. The smallest absolute Gasteiger partial charge is 0.225 e. The number of hydrogen-bond acceptors (Lipinski definition) is 5. The summed E-state index contributed by atoms with van der Waals surface area (Å²) < 4.78 is 0. The summed E-state index contributed by atoms with van der Waals surface area (Å²) in [5, 5.41) is 16.4. The minimum Gasteiger partial charge on any atom is -0.411 e. The predicted molar refractivity (Wildman–Crippen MR) is 55.0 cm³/mol. The fourth-order valence-corrected chi connectivity index (χ4v) is 1.53. The highest BCUT2D eigenvalue weighted by molar-refractivity contribution is 7.14. The number of oxime groups is 1. The number of anilines is 1. The van der Waals surface area contributed by atoms with Crippen LogP contribution in [0.3, 0.4) is 0 Å². The Labute approximate surface area is 85.5 Å². The molecule has 1 rings (SSSR count). The molecule has 14 heavy (non-hydrogen) atoms. The first-order valence-electron chi connectivity index (χ1n) is 4.11. The van der Waals surface area contributed by atoms with Gasteiger partial charge < -0.3 is 10.5 Å². The van der Waals surface area contributed by atoms with E-state index in [0.717, 1.165) is 0 Å². The summed E-state index contributed by atoms with van der Waals surface area (Å²) in [5.41, 5.74) is 1.00. The van der Waals surface area contributed by atoms with E-state index in [-0.39, 0.29) is 5.91 Å². The molecule has 0 atom stereocenters. The fourth-order valence-electron chi connectivity index (χ4n) is 0.756. The lowest BCUT2D eigenvalue weighted by Gasteiger charge is -1.96. The van der Waals surface area contributed by atoms with Crippen molar-refractivity contribution in [2.45, 2.75) is 20.3 Å². The van der Waals surface area contributed by atoms with Crippen molar-refractivity contribution < 1.29 is 10.0 Å². The molecule has 0 unspecified atom stereocenters. The normalized spacial score (nSPS) is 11.4. The highest BCUT2D eigenvalue weighted by Crippen LogP contribution is 2.15. The first kappa shape index (κ1) is 10.6. The lowest BCUT2D eigenvalue weighted by molar-refractivity contribution is -0.115. The summed E-state index contributed by atoms with van der Waals surface area (Å²) in [5.74, 6) is -0.0792. The second-order valence-electron chi connectivity index (χ2n) is 2.63. The average molecular weight is 213 g/mol. The molecule has 0 aliphatic carbocycles. The highest BCUT2D eigenvalue weighted by Gasteiger charge is 2.06. The zero-order valence-electron chi connectivity index (χ0n) is 7.94. The number of hydrogen-bond donors (Lipinski definition) is 2. The Morgan fingerprint density at radius 2 is 2.50 bits per heavy atom. The zero-order chi connectivity index (χ0) is 10.6. The zero-order valence-corrected chi connectivity index (χ0v) is 8.76.